The maximum Gasteiger partial charge on any atom is 0.233 e. The Morgan fingerprint density at radius 3 is 2.73 bits per heavy atom. The number of aromatic nitrogens is 3. The van der Waals surface area contributed by atoms with E-state index in [0.29, 0.717) is 10.9 Å². The van der Waals surface area contributed by atoms with Crippen molar-refractivity contribution < 1.29 is 9.90 Å². The fourth-order valence-corrected chi connectivity index (χ4v) is 4.08. The van der Waals surface area contributed by atoms with E-state index in [4.69, 9.17) is 0 Å². The molecule has 1 aromatic carbocycles. The minimum absolute atomic E-state index is 0.120. The standard InChI is InChI=1S/C19H26N4O2S/c1-14-20-19(22-21-14)26-13-18(25)23-11-9-16(10-12-23)17(24)8-7-15-5-3-2-4-6-15/h2-6,16-17,24H,7-13H2,1H3,(H,20,21,22)/t17-/m0/s1. The number of likely N-dealkylation sites (tertiary alicyclic amines) is 1. The van der Waals surface area contributed by atoms with Gasteiger partial charge in [0.05, 0.1) is 11.9 Å². The van der Waals surface area contributed by atoms with Crippen molar-refractivity contribution in [1.82, 2.24) is 20.1 Å². The Labute approximate surface area is 158 Å². The Hall–Kier alpha value is -1.86. The molecule has 1 aromatic heterocycles. The van der Waals surface area contributed by atoms with Crippen LogP contribution in [0.1, 0.15) is 30.7 Å². The van der Waals surface area contributed by atoms with E-state index in [1.165, 1.54) is 17.3 Å². The lowest BCUT2D eigenvalue weighted by molar-refractivity contribution is -0.130. The summed E-state index contributed by atoms with van der Waals surface area (Å²) in [6.07, 6.45) is 3.12. The molecule has 1 atom stereocenters. The van der Waals surface area contributed by atoms with E-state index in [-0.39, 0.29) is 17.9 Å². The molecule has 0 bridgehead atoms. The van der Waals surface area contributed by atoms with Gasteiger partial charge >= 0.3 is 0 Å². The van der Waals surface area contributed by atoms with E-state index in [2.05, 4.69) is 27.3 Å². The van der Waals surface area contributed by atoms with Crippen molar-refractivity contribution in [1.29, 1.82) is 0 Å². The lowest BCUT2D eigenvalue weighted by atomic mass is 9.88. The van der Waals surface area contributed by atoms with Crippen molar-refractivity contribution in [3.8, 4) is 0 Å². The summed E-state index contributed by atoms with van der Waals surface area (Å²) >= 11 is 1.36. The van der Waals surface area contributed by atoms with Gasteiger partial charge in [0.1, 0.15) is 5.82 Å². The molecule has 3 rings (SSSR count). The van der Waals surface area contributed by atoms with Crippen LogP contribution in [0.2, 0.25) is 0 Å². The van der Waals surface area contributed by atoms with Crippen molar-refractivity contribution in [2.24, 2.45) is 5.92 Å². The summed E-state index contributed by atoms with van der Waals surface area (Å²) in [6, 6.07) is 10.3. The van der Waals surface area contributed by atoms with Crippen LogP contribution in [0.25, 0.3) is 0 Å². The zero-order chi connectivity index (χ0) is 18.4. The molecule has 0 spiro atoms. The Balaban J connectivity index is 1.38. The van der Waals surface area contributed by atoms with E-state index in [0.717, 1.165) is 44.6 Å². The second kappa shape index (κ2) is 9.19. The number of nitrogens with zero attached hydrogens (tertiary/aromatic N) is 3. The van der Waals surface area contributed by atoms with Crippen LogP contribution in [-0.4, -0.2) is 56.0 Å². The van der Waals surface area contributed by atoms with Gasteiger partial charge in [0.15, 0.2) is 0 Å². The summed E-state index contributed by atoms with van der Waals surface area (Å²) in [5.41, 5.74) is 1.26. The highest BCUT2D eigenvalue weighted by molar-refractivity contribution is 7.99. The average Bonchev–Trinajstić information content (AvgIpc) is 3.10. The summed E-state index contributed by atoms with van der Waals surface area (Å²) in [5, 5.41) is 17.9. The van der Waals surface area contributed by atoms with Crippen molar-refractivity contribution >= 4 is 17.7 Å². The molecule has 0 aliphatic carbocycles. The topological polar surface area (TPSA) is 82.1 Å². The SMILES string of the molecule is Cc1nc(SCC(=O)N2CCC([C@@H](O)CCc3ccccc3)CC2)n[nH]1. The number of rotatable bonds is 7. The van der Waals surface area contributed by atoms with Gasteiger partial charge in [-0.3, -0.25) is 9.89 Å². The summed E-state index contributed by atoms with van der Waals surface area (Å²) < 4.78 is 0. The molecule has 0 saturated carbocycles. The van der Waals surface area contributed by atoms with Crippen molar-refractivity contribution in [3.63, 3.8) is 0 Å². The molecule has 0 unspecified atom stereocenters. The molecule has 2 N–H and O–H groups in total. The molecule has 26 heavy (non-hydrogen) atoms. The van der Waals surface area contributed by atoms with Crippen LogP contribution in [0.4, 0.5) is 0 Å². The fraction of sp³-hybridized carbons (Fsp3) is 0.526. The summed E-state index contributed by atoms with van der Waals surface area (Å²) in [5.74, 6) is 1.52. The molecule has 6 nitrogen and oxygen atoms in total. The summed E-state index contributed by atoms with van der Waals surface area (Å²) in [7, 11) is 0. The number of piperidine rings is 1. The Morgan fingerprint density at radius 2 is 2.08 bits per heavy atom. The smallest absolute Gasteiger partial charge is 0.233 e. The van der Waals surface area contributed by atoms with E-state index < -0.39 is 0 Å². The highest BCUT2D eigenvalue weighted by Gasteiger charge is 2.27. The molecule has 0 radical (unpaired) electrons. The predicted molar refractivity (Wildman–Crippen MR) is 102 cm³/mol. The van der Waals surface area contributed by atoms with Crippen LogP contribution in [-0.2, 0) is 11.2 Å². The van der Waals surface area contributed by atoms with Crippen LogP contribution in [0.3, 0.4) is 0 Å². The first kappa shape index (κ1) is 18.9. The van der Waals surface area contributed by atoms with Crippen LogP contribution in [0.15, 0.2) is 35.5 Å². The number of hydrogen-bond acceptors (Lipinski definition) is 5. The Bertz CT molecular complexity index is 699. The third-order valence-electron chi connectivity index (χ3n) is 4.91. The second-order valence-corrected chi connectivity index (χ2v) is 7.74. The molecule has 1 amide bonds. The minimum atomic E-state index is -0.293. The number of carbonyl (C=O) groups excluding carboxylic acids is 1. The number of thioether (sulfide) groups is 1. The third kappa shape index (κ3) is 5.32. The minimum Gasteiger partial charge on any atom is -0.393 e. The molecule has 2 aromatic rings. The van der Waals surface area contributed by atoms with Crippen LogP contribution in [0, 0.1) is 12.8 Å². The predicted octanol–water partition coefficient (Wildman–Crippen LogP) is 2.44. The monoisotopic (exact) mass is 374 g/mol. The number of benzene rings is 1. The fourth-order valence-electron chi connectivity index (χ4n) is 3.33. The van der Waals surface area contributed by atoms with Gasteiger partial charge < -0.3 is 10.0 Å². The molecule has 7 heteroatoms. The van der Waals surface area contributed by atoms with Gasteiger partial charge in [-0.1, -0.05) is 42.1 Å². The summed E-state index contributed by atoms with van der Waals surface area (Å²) in [6.45, 7) is 3.28. The first-order chi connectivity index (χ1) is 12.6. The number of amides is 1. The van der Waals surface area contributed by atoms with Crippen molar-refractivity contribution in [3.05, 3.63) is 41.7 Å². The largest absolute Gasteiger partial charge is 0.393 e. The summed E-state index contributed by atoms with van der Waals surface area (Å²) in [4.78, 5) is 18.4. The van der Waals surface area contributed by atoms with E-state index >= 15 is 0 Å². The number of aryl methyl sites for hydroxylation is 2. The third-order valence-corrected chi connectivity index (χ3v) is 5.74. The number of carbonyl (C=O) groups is 1. The van der Waals surface area contributed by atoms with Gasteiger partial charge in [0, 0.05) is 13.1 Å². The van der Waals surface area contributed by atoms with Gasteiger partial charge in [0.2, 0.25) is 11.1 Å². The molecule has 1 aliphatic heterocycles. The number of H-pyrrole nitrogens is 1. The first-order valence-corrected chi connectivity index (χ1v) is 10.1. The lowest BCUT2D eigenvalue weighted by Gasteiger charge is -2.34. The number of aromatic amines is 1. The first-order valence-electron chi connectivity index (χ1n) is 9.13. The second-order valence-electron chi connectivity index (χ2n) is 6.80. The Morgan fingerprint density at radius 1 is 1.35 bits per heavy atom. The average molecular weight is 375 g/mol. The van der Waals surface area contributed by atoms with E-state index in [9.17, 15) is 9.90 Å². The van der Waals surface area contributed by atoms with Crippen LogP contribution < -0.4 is 0 Å². The molecule has 1 aliphatic rings. The number of aliphatic hydroxyl groups is 1. The maximum absolute atomic E-state index is 12.3. The van der Waals surface area contributed by atoms with Crippen molar-refractivity contribution in [2.45, 2.75) is 43.9 Å². The number of nitrogens with one attached hydrogen (secondary N) is 1. The van der Waals surface area contributed by atoms with Gasteiger partial charge in [-0.25, -0.2) is 4.98 Å². The quantitative estimate of drug-likeness (QED) is 0.728. The van der Waals surface area contributed by atoms with Gasteiger partial charge in [0.25, 0.3) is 0 Å². The highest BCUT2D eigenvalue weighted by atomic mass is 32.2. The highest BCUT2D eigenvalue weighted by Crippen LogP contribution is 2.24. The van der Waals surface area contributed by atoms with Gasteiger partial charge in [-0.05, 0) is 44.1 Å². The lowest BCUT2D eigenvalue weighted by Crippen LogP contribution is -2.42. The zero-order valence-electron chi connectivity index (χ0n) is 15.1. The molecule has 1 fully saturated rings. The van der Waals surface area contributed by atoms with E-state index in [1.54, 1.807) is 0 Å². The zero-order valence-corrected chi connectivity index (χ0v) is 15.9. The Kier molecular flexibility index (Phi) is 6.68. The van der Waals surface area contributed by atoms with E-state index in [1.807, 2.05) is 30.0 Å². The van der Waals surface area contributed by atoms with Gasteiger partial charge in [-0.15, -0.1) is 5.10 Å². The normalized spacial score (nSPS) is 16.6. The number of hydrogen-bond donors (Lipinski definition) is 2. The molecular formula is C19H26N4O2S. The number of aliphatic hydroxyl groups excluding tert-OH is 1. The maximum atomic E-state index is 12.3. The molecule has 2 heterocycles. The molecule has 1 saturated heterocycles. The van der Waals surface area contributed by atoms with Crippen LogP contribution >= 0.6 is 11.8 Å². The molecule has 140 valence electrons. The van der Waals surface area contributed by atoms with Crippen molar-refractivity contribution in [2.75, 3.05) is 18.8 Å². The molecular weight excluding hydrogens is 348 g/mol. The van der Waals surface area contributed by atoms with Crippen LogP contribution in [0.5, 0.6) is 0 Å². The van der Waals surface area contributed by atoms with Gasteiger partial charge in [-0.2, -0.15) is 0 Å².